The van der Waals surface area contributed by atoms with Crippen LogP contribution < -0.4 is 11.5 Å². The fourth-order valence-corrected chi connectivity index (χ4v) is 1.61. The Morgan fingerprint density at radius 3 is 2.14 bits per heavy atom. The molecule has 0 amide bonds. The molecule has 0 heterocycles. The first kappa shape index (κ1) is 13.2. The standard InChI is InChI=1S/C7H14N2O4S/c1-3(5(9)7(12)13)14-2-4(8)6(10)11/h3-5H,2,8-9H2,1H3,(H,10,11)(H,12,13). The van der Waals surface area contributed by atoms with Gasteiger partial charge in [-0.3, -0.25) is 9.59 Å². The fourth-order valence-electron chi connectivity index (χ4n) is 0.631. The van der Waals surface area contributed by atoms with Gasteiger partial charge in [0.15, 0.2) is 0 Å². The summed E-state index contributed by atoms with van der Waals surface area (Å²) in [5.41, 5.74) is 10.5. The molecular weight excluding hydrogens is 208 g/mol. The third kappa shape index (κ3) is 4.45. The maximum absolute atomic E-state index is 10.4. The van der Waals surface area contributed by atoms with E-state index in [0.717, 1.165) is 11.8 Å². The maximum Gasteiger partial charge on any atom is 0.321 e. The first-order valence-corrected chi connectivity index (χ1v) is 4.99. The van der Waals surface area contributed by atoms with Crippen molar-refractivity contribution in [1.29, 1.82) is 0 Å². The monoisotopic (exact) mass is 222 g/mol. The Morgan fingerprint density at radius 1 is 1.29 bits per heavy atom. The van der Waals surface area contributed by atoms with E-state index >= 15 is 0 Å². The Bertz CT molecular complexity index is 224. The quantitative estimate of drug-likeness (QED) is 0.450. The topological polar surface area (TPSA) is 127 Å². The van der Waals surface area contributed by atoms with E-state index in [-0.39, 0.29) is 11.0 Å². The summed E-state index contributed by atoms with van der Waals surface area (Å²) in [6.07, 6.45) is 0. The second kappa shape index (κ2) is 5.84. The van der Waals surface area contributed by atoms with E-state index in [4.69, 9.17) is 21.7 Å². The molecular formula is C7H14N2O4S. The lowest BCUT2D eigenvalue weighted by molar-refractivity contribution is -0.139. The number of aliphatic carboxylic acids is 2. The SMILES string of the molecule is CC(SCC(N)C(=O)O)C(N)C(=O)O. The van der Waals surface area contributed by atoms with Crippen molar-refractivity contribution in [3.63, 3.8) is 0 Å². The summed E-state index contributed by atoms with van der Waals surface area (Å²) in [5, 5.41) is 16.6. The summed E-state index contributed by atoms with van der Waals surface area (Å²) in [4.78, 5) is 20.8. The molecule has 0 aliphatic carbocycles. The number of rotatable bonds is 6. The lowest BCUT2D eigenvalue weighted by atomic mass is 10.2. The van der Waals surface area contributed by atoms with Crippen LogP contribution >= 0.6 is 11.8 Å². The number of hydrogen-bond donors (Lipinski definition) is 4. The number of hydrogen-bond acceptors (Lipinski definition) is 5. The zero-order valence-corrected chi connectivity index (χ0v) is 8.53. The van der Waals surface area contributed by atoms with Crippen molar-refractivity contribution in [2.45, 2.75) is 24.3 Å². The van der Waals surface area contributed by atoms with Gasteiger partial charge in [-0.15, -0.1) is 0 Å². The number of carboxylic acid groups (broad SMARTS) is 2. The third-order valence-electron chi connectivity index (χ3n) is 1.65. The number of carboxylic acids is 2. The first-order valence-electron chi connectivity index (χ1n) is 3.94. The van der Waals surface area contributed by atoms with Crippen LogP contribution in [0.25, 0.3) is 0 Å². The maximum atomic E-state index is 10.4. The fraction of sp³-hybridized carbons (Fsp3) is 0.714. The number of carbonyl (C=O) groups is 2. The van der Waals surface area contributed by atoms with Gasteiger partial charge in [0.1, 0.15) is 12.1 Å². The van der Waals surface area contributed by atoms with Crippen LogP contribution in [0.2, 0.25) is 0 Å². The van der Waals surface area contributed by atoms with Crippen LogP contribution in [0.3, 0.4) is 0 Å². The Labute approximate surface area is 85.6 Å². The van der Waals surface area contributed by atoms with Gasteiger partial charge >= 0.3 is 11.9 Å². The van der Waals surface area contributed by atoms with E-state index in [2.05, 4.69) is 0 Å². The molecule has 0 rings (SSSR count). The van der Waals surface area contributed by atoms with E-state index in [9.17, 15) is 9.59 Å². The van der Waals surface area contributed by atoms with Crippen LogP contribution in [0, 0.1) is 0 Å². The average Bonchev–Trinajstić information content (AvgIpc) is 2.11. The van der Waals surface area contributed by atoms with Gasteiger partial charge in [0.2, 0.25) is 0 Å². The van der Waals surface area contributed by atoms with Gasteiger partial charge in [0.25, 0.3) is 0 Å². The molecule has 0 aliphatic heterocycles. The van der Waals surface area contributed by atoms with Gasteiger partial charge < -0.3 is 21.7 Å². The van der Waals surface area contributed by atoms with Crippen molar-refractivity contribution >= 4 is 23.7 Å². The zero-order valence-electron chi connectivity index (χ0n) is 7.71. The molecule has 0 aromatic heterocycles. The molecule has 7 heteroatoms. The molecule has 0 spiro atoms. The Kier molecular flexibility index (Phi) is 5.51. The minimum absolute atomic E-state index is 0.150. The van der Waals surface area contributed by atoms with E-state index in [0.29, 0.717) is 0 Å². The Hall–Kier alpha value is -0.790. The van der Waals surface area contributed by atoms with Gasteiger partial charge in [-0.25, -0.2) is 0 Å². The molecule has 82 valence electrons. The summed E-state index contributed by atoms with van der Waals surface area (Å²) in [7, 11) is 0. The van der Waals surface area contributed by atoms with E-state index < -0.39 is 24.0 Å². The highest BCUT2D eigenvalue weighted by atomic mass is 32.2. The average molecular weight is 222 g/mol. The highest BCUT2D eigenvalue weighted by molar-refractivity contribution is 8.00. The molecule has 6 N–H and O–H groups in total. The summed E-state index contributed by atoms with van der Waals surface area (Å²) < 4.78 is 0. The minimum Gasteiger partial charge on any atom is -0.480 e. The van der Waals surface area contributed by atoms with Crippen molar-refractivity contribution in [1.82, 2.24) is 0 Å². The van der Waals surface area contributed by atoms with E-state index in [1.54, 1.807) is 6.92 Å². The van der Waals surface area contributed by atoms with Crippen LogP contribution in [-0.2, 0) is 9.59 Å². The summed E-state index contributed by atoms with van der Waals surface area (Å²) >= 11 is 1.14. The molecule has 3 atom stereocenters. The largest absolute Gasteiger partial charge is 0.480 e. The molecule has 0 saturated heterocycles. The minimum atomic E-state index is -1.10. The highest BCUT2D eigenvalue weighted by Gasteiger charge is 2.22. The predicted octanol–water partition coefficient (Wildman–Crippen LogP) is -1.07. The molecule has 0 aliphatic rings. The number of nitrogens with two attached hydrogens (primary N) is 2. The highest BCUT2D eigenvalue weighted by Crippen LogP contribution is 2.14. The van der Waals surface area contributed by atoms with Gasteiger partial charge in [-0.2, -0.15) is 11.8 Å². The van der Waals surface area contributed by atoms with Crippen molar-refractivity contribution in [2.75, 3.05) is 5.75 Å². The second-order valence-electron chi connectivity index (χ2n) is 2.85. The molecule has 0 radical (unpaired) electrons. The normalized spacial score (nSPS) is 17.1. The predicted molar refractivity (Wildman–Crippen MR) is 53.1 cm³/mol. The van der Waals surface area contributed by atoms with Crippen molar-refractivity contribution in [3.8, 4) is 0 Å². The van der Waals surface area contributed by atoms with Crippen molar-refractivity contribution in [3.05, 3.63) is 0 Å². The molecule has 0 bridgehead atoms. The van der Waals surface area contributed by atoms with Crippen LogP contribution in [-0.4, -0.2) is 45.2 Å². The van der Waals surface area contributed by atoms with Crippen LogP contribution in [0.15, 0.2) is 0 Å². The van der Waals surface area contributed by atoms with Crippen LogP contribution in [0.1, 0.15) is 6.92 Å². The Balaban J connectivity index is 3.90. The van der Waals surface area contributed by atoms with Gasteiger partial charge in [-0.1, -0.05) is 6.92 Å². The smallest absolute Gasteiger partial charge is 0.321 e. The second-order valence-corrected chi connectivity index (χ2v) is 4.26. The zero-order chi connectivity index (χ0) is 11.3. The summed E-state index contributed by atoms with van der Waals surface area (Å²) in [6.45, 7) is 1.62. The van der Waals surface area contributed by atoms with Gasteiger partial charge in [0.05, 0.1) is 0 Å². The molecule has 14 heavy (non-hydrogen) atoms. The van der Waals surface area contributed by atoms with Crippen LogP contribution in [0.5, 0.6) is 0 Å². The molecule has 6 nitrogen and oxygen atoms in total. The third-order valence-corrected chi connectivity index (χ3v) is 3.02. The lowest BCUT2D eigenvalue weighted by Crippen LogP contribution is -2.40. The van der Waals surface area contributed by atoms with Gasteiger partial charge in [-0.05, 0) is 0 Å². The van der Waals surface area contributed by atoms with Crippen molar-refractivity contribution < 1.29 is 19.8 Å². The molecule has 0 aromatic rings. The summed E-state index contributed by atoms with van der Waals surface area (Å²) in [5.74, 6) is -2.06. The molecule has 0 saturated carbocycles. The summed E-state index contributed by atoms with van der Waals surface area (Å²) in [6, 6.07) is -1.98. The van der Waals surface area contributed by atoms with E-state index in [1.165, 1.54) is 0 Å². The first-order chi connectivity index (χ1) is 6.36. The van der Waals surface area contributed by atoms with Crippen LogP contribution in [0.4, 0.5) is 0 Å². The van der Waals surface area contributed by atoms with E-state index in [1.807, 2.05) is 0 Å². The number of thioether (sulfide) groups is 1. The molecule has 3 unspecified atom stereocenters. The molecule has 0 aromatic carbocycles. The van der Waals surface area contributed by atoms with Crippen molar-refractivity contribution in [2.24, 2.45) is 11.5 Å². The van der Waals surface area contributed by atoms with Gasteiger partial charge in [0, 0.05) is 11.0 Å². The Morgan fingerprint density at radius 2 is 1.79 bits per heavy atom. The lowest BCUT2D eigenvalue weighted by Gasteiger charge is -2.16. The molecule has 0 fully saturated rings.